The number of likely N-dealkylation sites (N-methyl/N-ethyl adjacent to an activating group) is 1. The largest absolute Gasteiger partial charge is 0.357 e. The molecule has 1 fully saturated rings. The number of hydrogen-bond acceptors (Lipinski definition) is 7. The average Bonchev–Trinajstić information content (AvgIpc) is 3.33. The number of unbranched alkanes of at least 4 members (excludes halogenated alkanes) is 1. The number of hydrogen-bond donors (Lipinski definition) is 2. The van der Waals surface area contributed by atoms with Gasteiger partial charge in [0, 0.05) is 32.3 Å². The normalized spacial score (nSPS) is 18.1. The van der Waals surface area contributed by atoms with Crippen LogP contribution >= 0.6 is 21.6 Å². The summed E-state index contributed by atoms with van der Waals surface area (Å²) in [5.41, 5.74) is 4.01. The Morgan fingerprint density at radius 2 is 1.35 bits per heavy atom. The Labute approximate surface area is 325 Å². The van der Waals surface area contributed by atoms with E-state index in [4.69, 9.17) is 0 Å². The van der Waals surface area contributed by atoms with Gasteiger partial charge in [0.15, 0.2) is 0 Å². The third-order valence-corrected chi connectivity index (χ3v) is 12.9. The summed E-state index contributed by atoms with van der Waals surface area (Å²) >= 11 is 0. The fraction of sp³-hybridized carbons (Fsp3) is 0.326. The van der Waals surface area contributed by atoms with E-state index in [0.717, 1.165) is 16.7 Å². The molecule has 6 rings (SSSR count). The van der Waals surface area contributed by atoms with Gasteiger partial charge in [-0.1, -0.05) is 131 Å². The van der Waals surface area contributed by atoms with Gasteiger partial charge in [-0.05, 0) is 60.4 Å². The van der Waals surface area contributed by atoms with Crippen molar-refractivity contribution in [1.82, 2.24) is 20.4 Å². The monoisotopic (exact) mass is 762 g/mol. The number of carbonyl (C=O) groups is 5. The SMILES string of the molecule is CNC(=O)[C@H](Cc1ccccc1)N1CC[C@H](c2ccccc2)C[C@H](NC(=O)[C@H](CCCCN2C(=O)c3ccccc3C2=O)SSCc2ccccc2)C1=O. The zero-order valence-electron chi connectivity index (χ0n) is 30.4. The first-order chi connectivity index (χ1) is 26.3. The molecule has 0 radical (unpaired) electrons. The second-order valence-corrected chi connectivity index (χ2v) is 16.3. The summed E-state index contributed by atoms with van der Waals surface area (Å²) in [6.45, 7) is 0.637. The van der Waals surface area contributed by atoms with Crippen LogP contribution < -0.4 is 10.6 Å². The van der Waals surface area contributed by atoms with Crippen LogP contribution in [0.3, 0.4) is 0 Å². The number of benzene rings is 4. The van der Waals surface area contributed by atoms with E-state index in [2.05, 4.69) is 22.8 Å². The summed E-state index contributed by atoms with van der Waals surface area (Å²) in [6, 6.07) is 35.0. The van der Waals surface area contributed by atoms with Crippen LogP contribution in [0.15, 0.2) is 115 Å². The molecule has 2 aliphatic heterocycles. The number of imide groups is 1. The van der Waals surface area contributed by atoms with Crippen LogP contribution in [0, 0.1) is 0 Å². The maximum absolute atomic E-state index is 14.5. The first-order valence-corrected chi connectivity index (χ1v) is 20.9. The number of fused-ring (bicyclic) bond motifs is 1. The molecular formula is C43H46N4O5S2. The van der Waals surface area contributed by atoms with Crippen molar-refractivity contribution >= 4 is 51.1 Å². The molecular weight excluding hydrogens is 717 g/mol. The standard InChI is InChI=1S/C43H46N4O5S2/c1-44-39(48)37(27-30-15-5-2-6-16-30)46-26-24-33(32-19-9-4-10-20-32)28-36(43(46)52)45-40(49)38(54-53-29-31-17-7-3-8-18-31)23-13-14-25-47-41(50)34-21-11-12-22-35(34)42(47)51/h2-12,15-22,33,36-38H,13-14,23-29H2,1H3,(H,44,48)(H,45,49)/t33-,36-,37-,38-/m0/s1. The van der Waals surface area contributed by atoms with E-state index in [1.54, 1.807) is 47.0 Å². The van der Waals surface area contributed by atoms with Gasteiger partial charge in [0.05, 0.1) is 16.4 Å². The molecule has 4 atom stereocenters. The minimum absolute atomic E-state index is 0.00858. The molecule has 280 valence electrons. The molecule has 0 bridgehead atoms. The lowest BCUT2D eigenvalue weighted by Gasteiger charge is -2.32. The van der Waals surface area contributed by atoms with Crippen molar-refractivity contribution in [2.45, 2.75) is 67.5 Å². The van der Waals surface area contributed by atoms with Gasteiger partial charge in [0.25, 0.3) is 11.8 Å². The molecule has 4 aromatic carbocycles. The lowest BCUT2D eigenvalue weighted by Crippen LogP contribution is -2.56. The summed E-state index contributed by atoms with van der Waals surface area (Å²) in [5, 5.41) is 5.42. The summed E-state index contributed by atoms with van der Waals surface area (Å²) in [7, 11) is 4.64. The lowest BCUT2D eigenvalue weighted by atomic mass is 9.90. The molecule has 1 saturated heterocycles. The van der Waals surface area contributed by atoms with Crippen LogP contribution in [0.25, 0.3) is 0 Å². The third-order valence-electron chi connectivity index (χ3n) is 10.1. The van der Waals surface area contributed by atoms with Gasteiger partial charge in [0.1, 0.15) is 12.1 Å². The zero-order valence-corrected chi connectivity index (χ0v) is 32.0. The Morgan fingerprint density at radius 3 is 1.98 bits per heavy atom. The highest BCUT2D eigenvalue weighted by atomic mass is 33.1. The number of carbonyl (C=O) groups excluding carboxylic acids is 5. The molecule has 54 heavy (non-hydrogen) atoms. The number of nitrogens with one attached hydrogen (secondary N) is 2. The fourth-order valence-electron chi connectivity index (χ4n) is 7.20. The topological polar surface area (TPSA) is 116 Å². The smallest absolute Gasteiger partial charge is 0.261 e. The van der Waals surface area contributed by atoms with Gasteiger partial charge >= 0.3 is 0 Å². The molecule has 0 aliphatic carbocycles. The van der Waals surface area contributed by atoms with Gasteiger partial charge < -0.3 is 15.5 Å². The first-order valence-electron chi connectivity index (χ1n) is 18.5. The summed E-state index contributed by atoms with van der Waals surface area (Å²) < 4.78 is 0. The molecule has 2 aliphatic rings. The Kier molecular flexibility index (Phi) is 13.6. The van der Waals surface area contributed by atoms with Gasteiger partial charge in [-0.15, -0.1) is 0 Å². The molecule has 2 N–H and O–H groups in total. The number of likely N-dealkylation sites (tertiary alicyclic amines) is 1. The van der Waals surface area contributed by atoms with E-state index >= 15 is 0 Å². The highest BCUT2D eigenvalue weighted by Crippen LogP contribution is 2.35. The summed E-state index contributed by atoms with van der Waals surface area (Å²) in [6.07, 6.45) is 3.03. The first kappa shape index (κ1) is 38.8. The van der Waals surface area contributed by atoms with E-state index < -0.39 is 17.3 Å². The number of rotatable bonds is 16. The quantitative estimate of drug-likeness (QED) is 0.0747. The van der Waals surface area contributed by atoms with Crippen molar-refractivity contribution in [3.8, 4) is 0 Å². The van der Waals surface area contributed by atoms with Crippen LogP contribution in [-0.4, -0.2) is 76.8 Å². The summed E-state index contributed by atoms with van der Waals surface area (Å²) in [5.74, 6) is -0.645. The third kappa shape index (κ3) is 9.62. The molecule has 11 heteroatoms. The van der Waals surface area contributed by atoms with Crippen molar-refractivity contribution in [2.24, 2.45) is 0 Å². The molecule has 0 saturated carbocycles. The Bertz CT molecular complexity index is 1880. The lowest BCUT2D eigenvalue weighted by molar-refractivity contribution is -0.142. The van der Waals surface area contributed by atoms with Gasteiger partial charge in [-0.3, -0.25) is 28.9 Å². The number of nitrogens with zero attached hydrogens (tertiary/aromatic N) is 2. The Morgan fingerprint density at radius 1 is 0.759 bits per heavy atom. The van der Waals surface area contributed by atoms with Crippen LogP contribution in [0.2, 0.25) is 0 Å². The predicted octanol–water partition coefficient (Wildman–Crippen LogP) is 6.65. The van der Waals surface area contributed by atoms with Gasteiger partial charge in [-0.2, -0.15) is 0 Å². The molecule has 4 aromatic rings. The van der Waals surface area contributed by atoms with Crippen LogP contribution in [0.1, 0.15) is 75.4 Å². The average molecular weight is 763 g/mol. The van der Waals surface area contributed by atoms with E-state index in [0.29, 0.717) is 61.9 Å². The van der Waals surface area contributed by atoms with Gasteiger partial charge in [-0.25, -0.2) is 0 Å². The van der Waals surface area contributed by atoms with Gasteiger partial charge in [0.2, 0.25) is 17.7 Å². The molecule has 0 unspecified atom stereocenters. The van der Waals surface area contributed by atoms with Crippen LogP contribution in [0.4, 0.5) is 0 Å². The van der Waals surface area contributed by atoms with E-state index in [1.165, 1.54) is 15.7 Å². The zero-order chi connectivity index (χ0) is 37.9. The van der Waals surface area contributed by atoms with E-state index in [-0.39, 0.29) is 42.0 Å². The van der Waals surface area contributed by atoms with E-state index in [1.807, 2.05) is 78.9 Å². The molecule has 2 heterocycles. The van der Waals surface area contributed by atoms with Crippen molar-refractivity contribution < 1.29 is 24.0 Å². The Hall–Kier alpha value is -4.87. The van der Waals surface area contributed by atoms with Crippen LogP contribution in [0.5, 0.6) is 0 Å². The second kappa shape index (κ2) is 18.9. The van der Waals surface area contributed by atoms with Crippen molar-refractivity contribution in [1.29, 1.82) is 0 Å². The van der Waals surface area contributed by atoms with Crippen molar-refractivity contribution in [2.75, 3.05) is 20.1 Å². The number of amides is 5. The van der Waals surface area contributed by atoms with Crippen LogP contribution in [-0.2, 0) is 26.6 Å². The summed E-state index contributed by atoms with van der Waals surface area (Å²) in [4.78, 5) is 71.1. The maximum atomic E-state index is 14.5. The molecule has 5 amide bonds. The maximum Gasteiger partial charge on any atom is 0.261 e. The highest BCUT2D eigenvalue weighted by Gasteiger charge is 2.40. The Balaban J connectivity index is 1.19. The molecule has 0 spiro atoms. The highest BCUT2D eigenvalue weighted by molar-refractivity contribution is 8.76. The minimum Gasteiger partial charge on any atom is -0.357 e. The molecule has 0 aromatic heterocycles. The predicted molar refractivity (Wildman–Crippen MR) is 215 cm³/mol. The van der Waals surface area contributed by atoms with Crippen molar-refractivity contribution in [3.63, 3.8) is 0 Å². The second-order valence-electron chi connectivity index (χ2n) is 13.7. The minimum atomic E-state index is -0.839. The molecule has 9 nitrogen and oxygen atoms in total. The fourth-order valence-corrected chi connectivity index (χ4v) is 9.84. The van der Waals surface area contributed by atoms with Crippen molar-refractivity contribution in [3.05, 3.63) is 143 Å². The van der Waals surface area contributed by atoms with E-state index in [9.17, 15) is 24.0 Å².